The van der Waals surface area contributed by atoms with E-state index < -0.39 is 17.6 Å². The average molecular weight is 530 g/mol. The Morgan fingerprint density at radius 3 is 2.49 bits per heavy atom. The first kappa shape index (κ1) is 24.7. The van der Waals surface area contributed by atoms with E-state index in [-0.39, 0.29) is 28.6 Å². The van der Waals surface area contributed by atoms with Gasteiger partial charge in [0.1, 0.15) is 5.82 Å². The van der Waals surface area contributed by atoms with E-state index in [1.807, 2.05) is 30.3 Å². The van der Waals surface area contributed by atoms with E-state index in [2.05, 4.69) is 20.8 Å². The second-order valence-corrected chi connectivity index (χ2v) is 8.98. The summed E-state index contributed by atoms with van der Waals surface area (Å²) in [7, 11) is 0. The maximum absolute atomic E-state index is 13.8. The zero-order valence-corrected chi connectivity index (χ0v) is 20.4. The molecule has 4 rings (SSSR count). The van der Waals surface area contributed by atoms with E-state index in [1.165, 1.54) is 18.2 Å². The molecule has 7 nitrogen and oxygen atoms in total. The highest BCUT2D eigenvalue weighted by atomic mass is 35.5. The minimum atomic E-state index is -0.517. The number of amides is 2. The fourth-order valence-corrected chi connectivity index (χ4v) is 4.30. The lowest BCUT2D eigenvalue weighted by atomic mass is 10.2. The van der Waals surface area contributed by atoms with Gasteiger partial charge < -0.3 is 10.6 Å². The van der Waals surface area contributed by atoms with Crippen LogP contribution in [0, 0.1) is 5.82 Å². The Kier molecular flexibility index (Phi) is 8.02. The van der Waals surface area contributed by atoms with Gasteiger partial charge in [0, 0.05) is 10.7 Å². The zero-order valence-electron chi connectivity index (χ0n) is 18.0. The topological polar surface area (TPSA) is 88.9 Å². The van der Waals surface area contributed by atoms with E-state index >= 15 is 0 Å². The first-order valence-electron chi connectivity index (χ1n) is 10.3. The summed E-state index contributed by atoms with van der Waals surface area (Å²) in [5, 5.41) is 14.8. The molecule has 0 saturated carbocycles. The minimum absolute atomic E-state index is 0.0240. The zero-order chi connectivity index (χ0) is 24.8. The van der Waals surface area contributed by atoms with Gasteiger partial charge in [-0.1, -0.05) is 65.3 Å². The molecule has 178 valence electrons. The molecular weight excluding hydrogens is 512 g/mol. The van der Waals surface area contributed by atoms with Gasteiger partial charge in [-0.15, -0.1) is 10.2 Å². The fraction of sp³-hybridized carbons (Fsp3) is 0.0833. The number of carbonyl (C=O) groups excluding carboxylic acids is 2. The molecule has 35 heavy (non-hydrogen) atoms. The number of thioether (sulfide) groups is 1. The number of hydrogen-bond acceptors (Lipinski definition) is 5. The normalized spacial score (nSPS) is 10.7. The summed E-state index contributed by atoms with van der Waals surface area (Å²) in [6, 6.07) is 19.8. The molecule has 11 heteroatoms. The molecule has 0 saturated heterocycles. The summed E-state index contributed by atoms with van der Waals surface area (Å²) in [5.74, 6) is -0.911. The van der Waals surface area contributed by atoms with Gasteiger partial charge in [-0.3, -0.25) is 14.2 Å². The quantitative estimate of drug-likeness (QED) is 0.299. The molecule has 0 radical (unpaired) electrons. The maximum atomic E-state index is 13.8. The number of benzene rings is 3. The van der Waals surface area contributed by atoms with Gasteiger partial charge in [0.25, 0.3) is 5.91 Å². The lowest BCUT2D eigenvalue weighted by Crippen LogP contribution is -2.25. The molecule has 2 amide bonds. The van der Waals surface area contributed by atoms with Crippen LogP contribution >= 0.6 is 35.0 Å². The summed E-state index contributed by atoms with van der Waals surface area (Å²) in [4.78, 5) is 25.0. The molecule has 1 aromatic heterocycles. The Hall–Kier alpha value is -3.40. The van der Waals surface area contributed by atoms with Crippen LogP contribution in [0.4, 0.5) is 10.1 Å². The number of nitrogens with zero attached hydrogens (tertiary/aromatic N) is 3. The Labute approximate surface area is 214 Å². The second-order valence-electron chi connectivity index (χ2n) is 7.19. The van der Waals surface area contributed by atoms with Gasteiger partial charge in [0.15, 0.2) is 11.0 Å². The van der Waals surface area contributed by atoms with Crippen LogP contribution in [-0.2, 0) is 11.3 Å². The van der Waals surface area contributed by atoms with Gasteiger partial charge in [0.05, 0.1) is 28.6 Å². The molecule has 0 unspecified atom stereocenters. The summed E-state index contributed by atoms with van der Waals surface area (Å²) < 4.78 is 15.6. The molecule has 3 aromatic carbocycles. The number of hydrogen-bond donors (Lipinski definition) is 2. The average Bonchev–Trinajstić information content (AvgIpc) is 3.27. The van der Waals surface area contributed by atoms with Gasteiger partial charge >= 0.3 is 0 Å². The molecule has 0 bridgehead atoms. The summed E-state index contributed by atoms with van der Waals surface area (Å²) in [5.41, 5.74) is 1.09. The highest BCUT2D eigenvalue weighted by Crippen LogP contribution is 2.24. The summed E-state index contributed by atoms with van der Waals surface area (Å²) in [6.45, 7) is 0.0472. The smallest absolute Gasteiger partial charge is 0.253 e. The Morgan fingerprint density at radius 1 is 0.971 bits per heavy atom. The van der Waals surface area contributed by atoms with Crippen LogP contribution < -0.4 is 10.6 Å². The number of aromatic nitrogens is 3. The third kappa shape index (κ3) is 6.19. The standard InChI is InChI=1S/C24H18Cl2FN5O2S/c25-15-10-11-18(26)17(12-15)23(34)28-13-21-30-31-24(32(21)16-6-2-1-3-7-16)35-14-22(33)29-20-9-5-4-8-19(20)27/h1-12H,13-14H2,(H,28,34)(H,29,33). The van der Waals surface area contributed by atoms with E-state index in [0.29, 0.717) is 16.0 Å². The monoisotopic (exact) mass is 529 g/mol. The molecule has 4 aromatic rings. The molecular formula is C24H18Cl2FN5O2S. The molecule has 0 aliphatic rings. The van der Waals surface area contributed by atoms with Crippen molar-refractivity contribution in [2.24, 2.45) is 0 Å². The van der Waals surface area contributed by atoms with Gasteiger partial charge in [-0.05, 0) is 42.5 Å². The highest BCUT2D eigenvalue weighted by molar-refractivity contribution is 7.99. The molecule has 0 spiro atoms. The predicted octanol–water partition coefficient (Wildman–Crippen LogP) is 5.37. The van der Waals surface area contributed by atoms with Crippen molar-refractivity contribution in [3.05, 3.63) is 100 Å². The van der Waals surface area contributed by atoms with Crippen LogP contribution in [0.15, 0.2) is 78.0 Å². The number of carbonyl (C=O) groups is 2. The first-order chi connectivity index (χ1) is 16.9. The van der Waals surface area contributed by atoms with Crippen LogP contribution in [-0.4, -0.2) is 32.3 Å². The van der Waals surface area contributed by atoms with Gasteiger partial charge in [-0.2, -0.15) is 0 Å². The van der Waals surface area contributed by atoms with Crippen LogP contribution in [0.3, 0.4) is 0 Å². The van der Waals surface area contributed by atoms with Crippen molar-refractivity contribution in [3.8, 4) is 5.69 Å². The minimum Gasteiger partial charge on any atom is -0.345 e. The molecule has 1 heterocycles. The van der Waals surface area contributed by atoms with Crippen LogP contribution in [0.1, 0.15) is 16.2 Å². The van der Waals surface area contributed by atoms with E-state index in [1.54, 1.807) is 28.8 Å². The fourth-order valence-electron chi connectivity index (χ4n) is 3.15. The number of para-hydroxylation sites is 2. The third-order valence-corrected chi connectivity index (χ3v) is 6.27. The molecule has 0 atom stereocenters. The second kappa shape index (κ2) is 11.4. The van der Waals surface area contributed by atoms with Crippen LogP contribution in [0.5, 0.6) is 0 Å². The lowest BCUT2D eigenvalue weighted by Gasteiger charge is -2.11. The molecule has 0 aliphatic heterocycles. The van der Waals surface area contributed by atoms with E-state index in [0.717, 1.165) is 17.4 Å². The van der Waals surface area contributed by atoms with Crippen molar-refractivity contribution in [2.45, 2.75) is 11.7 Å². The molecule has 0 aliphatic carbocycles. The summed E-state index contributed by atoms with van der Waals surface area (Å²) in [6.07, 6.45) is 0. The van der Waals surface area contributed by atoms with Gasteiger partial charge in [-0.25, -0.2) is 4.39 Å². The van der Waals surface area contributed by atoms with Crippen LogP contribution in [0.25, 0.3) is 5.69 Å². The van der Waals surface area contributed by atoms with Crippen molar-refractivity contribution in [1.29, 1.82) is 0 Å². The number of nitrogens with one attached hydrogen (secondary N) is 2. The SMILES string of the molecule is O=C(CSc1nnc(CNC(=O)c2cc(Cl)ccc2Cl)n1-c1ccccc1)Nc1ccccc1F. The van der Waals surface area contributed by atoms with Crippen molar-refractivity contribution >= 4 is 52.5 Å². The van der Waals surface area contributed by atoms with Crippen molar-refractivity contribution in [3.63, 3.8) is 0 Å². The largest absolute Gasteiger partial charge is 0.345 e. The highest BCUT2D eigenvalue weighted by Gasteiger charge is 2.18. The Morgan fingerprint density at radius 2 is 1.71 bits per heavy atom. The van der Waals surface area contributed by atoms with Gasteiger partial charge in [0.2, 0.25) is 5.91 Å². The van der Waals surface area contributed by atoms with Crippen molar-refractivity contribution < 1.29 is 14.0 Å². The predicted molar refractivity (Wildman–Crippen MR) is 135 cm³/mol. The molecule has 0 fully saturated rings. The Bertz CT molecular complexity index is 1370. The lowest BCUT2D eigenvalue weighted by molar-refractivity contribution is -0.113. The molecule has 2 N–H and O–H groups in total. The maximum Gasteiger partial charge on any atom is 0.253 e. The van der Waals surface area contributed by atoms with E-state index in [9.17, 15) is 14.0 Å². The first-order valence-corrected chi connectivity index (χ1v) is 12.1. The van der Waals surface area contributed by atoms with Crippen LogP contribution in [0.2, 0.25) is 10.0 Å². The number of anilines is 1. The third-order valence-electron chi connectivity index (χ3n) is 4.78. The number of rotatable bonds is 8. The summed E-state index contributed by atoms with van der Waals surface area (Å²) >= 11 is 13.2. The van der Waals surface area contributed by atoms with E-state index in [4.69, 9.17) is 23.2 Å². The Balaban J connectivity index is 1.50. The van der Waals surface area contributed by atoms with Crippen molar-refractivity contribution in [2.75, 3.05) is 11.1 Å². The van der Waals surface area contributed by atoms with Crippen molar-refractivity contribution in [1.82, 2.24) is 20.1 Å². The number of halogens is 3.